The number of rotatable bonds is 9. The number of amides is 1. The van der Waals surface area contributed by atoms with Gasteiger partial charge in [-0.25, -0.2) is 0 Å². The minimum absolute atomic E-state index is 0.316. The number of hydrogen-bond donors (Lipinski definition) is 1. The highest BCUT2D eigenvalue weighted by Gasteiger charge is 2.23. The van der Waals surface area contributed by atoms with E-state index < -0.39 is 0 Å². The molecule has 0 saturated carbocycles. The maximum Gasteiger partial charge on any atom is 0.236 e. The Balaban J connectivity index is 2.39. The summed E-state index contributed by atoms with van der Waals surface area (Å²) in [5.74, 6) is 1.01. The first kappa shape index (κ1) is 18.4. The molecule has 1 N–H and O–H groups in total. The first-order valence-electron chi connectivity index (χ1n) is 8.80. The number of carbonyl (C=O) groups excluding carboxylic acids is 1. The largest absolute Gasteiger partial charge is 0.342 e. The molecule has 0 aromatic rings. The Hall–Kier alpha value is -0.610. The molecular weight excluding hydrogens is 262 g/mol. The summed E-state index contributed by atoms with van der Waals surface area (Å²) >= 11 is 0. The second-order valence-corrected chi connectivity index (χ2v) is 6.69. The van der Waals surface area contributed by atoms with Crippen molar-refractivity contribution in [2.45, 2.75) is 59.4 Å². The predicted molar refractivity (Wildman–Crippen MR) is 89.5 cm³/mol. The Morgan fingerprint density at radius 3 is 2.52 bits per heavy atom. The number of carbonyl (C=O) groups is 1. The molecule has 4 heteroatoms. The highest BCUT2D eigenvalue weighted by Crippen LogP contribution is 2.16. The fraction of sp³-hybridized carbons (Fsp3) is 0.941. The third-order valence-electron chi connectivity index (χ3n) is 4.12. The molecule has 1 amide bonds. The van der Waals surface area contributed by atoms with Gasteiger partial charge in [0.15, 0.2) is 0 Å². The predicted octanol–water partition coefficient (Wildman–Crippen LogP) is 2.34. The van der Waals surface area contributed by atoms with Gasteiger partial charge in [0.1, 0.15) is 0 Å². The van der Waals surface area contributed by atoms with Crippen molar-refractivity contribution >= 4 is 5.91 Å². The third kappa shape index (κ3) is 7.28. The average Bonchev–Trinajstić information content (AvgIpc) is 2.45. The van der Waals surface area contributed by atoms with Crippen molar-refractivity contribution in [3.63, 3.8) is 0 Å². The van der Waals surface area contributed by atoms with Gasteiger partial charge in [-0.05, 0) is 44.7 Å². The zero-order valence-corrected chi connectivity index (χ0v) is 14.5. The van der Waals surface area contributed by atoms with Gasteiger partial charge in [-0.2, -0.15) is 0 Å². The van der Waals surface area contributed by atoms with E-state index in [1.165, 1.54) is 12.8 Å². The lowest BCUT2D eigenvalue weighted by Crippen LogP contribution is -2.46. The van der Waals surface area contributed by atoms with E-state index in [9.17, 15) is 4.79 Å². The Labute approximate surface area is 131 Å². The molecule has 0 radical (unpaired) electrons. The highest BCUT2D eigenvalue weighted by molar-refractivity contribution is 5.78. The van der Waals surface area contributed by atoms with Gasteiger partial charge in [0, 0.05) is 25.7 Å². The van der Waals surface area contributed by atoms with Crippen molar-refractivity contribution in [2.75, 3.05) is 39.3 Å². The van der Waals surface area contributed by atoms with Crippen LogP contribution in [0.5, 0.6) is 0 Å². The lowest BCUT2D eigenvalue weighted by molar-refractivity contribution is -0.133. The van der Waals surface area contributed by atoms with Gasteiger partial charge >= 0.3 is 0 Å². The van der Waals surface area contributed by atoms with Crippen molar-refractivity contribution in [3.8, 4) is 0 Å². The van der Waals surface area contributed by atoms with E-state index >= 15 is 0 Å². The van der Waals surface area contributed by atoms with E-state index in [2.05, 4.69) is 37.9 Å². The first-order valence-corrected chi connectivity index (χ1v) is 8.80. The molecule has 4 nitrogen and oxygen atoms in total. The summed E-state index contributed by atoms with van der Waals surface area (Å²) in [7, 11) is 0. The molecule has 0 aromatic heterocycles. The molecule has 0 bridgehead atoms. The Morgan fingerprint density at radius 1 is 1.29 bits per heavy atom. The fourth-order valence-electron chi connectivity index (χ4n) is 3.06. The molecule has 21 heavy (non-hydrogen) atoms. The van der Waals surface area contributed by atoms with Crippen LogP contribution in [0.15, 0.2) is 0 Å². The summed E-state index contributed by atoms with van der Waals surface area (Å²) in [5.41, 5.74) is 0. The zero-order valence-electron chi connectivity index (χ0n) is 14.5. The highest BCUT2D eigenvalue weighted by atomic mass is 16.2. The number of nitrogens with one attached hydrogen (secondary N) is 1. The molecule has 1 aliphatic rings. The van der Waals surface area contributed by atoms with E-state index in [4.69, 9.17) is 0 Å². The summed E-state index contributed by atoms with van der Waals surface area (Å²) in [6.45, 7) is 14.3. The normalized spacial score (nSPS) is 20.0. The van der Waals surface area contributed by atoms with Crippen LogP contribution in [0.4, 0.5) is 0 Å². The number of likely N-dealkylation sites (tertiary alicyclic amines) is 1. The van der Waals surface area contributed by atoms with E-state index in [1.54, 1.807) is 0 Å². The summed E-state index contributed by atoms with van der Waals surface area (Å²) < 4.78 is 0. The number of piperidine rings is 1. The quantitative estimate of drug-likeness (QED) is 0.709. The molecule has 0 spiro atoms. The maximum atomic E-state index is 12.4. The summed E-state index contributed by atoms with van der Waals surface area (Å²) in [6, 6.07) is 0.548. The summed E-state index contributed by atoms with van der Waals surface area (Å²) in [5, 5.41) is 3.53. The van der Waals surface area contributed by atoms with Gasteiger partial charge in [0.25, 0.3) is 0 Å². The molecule has 124 valence electrons. The molecule has 0 aliphatic carbocycles. The van der Waals surface area contributed by atoms with Crippen molar-refractivity contribution < 1.29 is 4.79 Å². The van der Waals surface area contributed by atoms with Crippen LogP contribution < -0.4 is 5.32 Å². The van der Waals surface area contributed by atoms with Gasteiger partial charge < -0.3 is 10.2 Å². The maximum absolute atomic E-state index is 12.4. The molecule has 0 aromatic carbocycles. The Bertz CT molecular complexity index is 288. The SMILES string of the molecule is CCCN(CCC)C(=O)CN1CCCC(CNC(C)C)C1. The van der Waals surface area contributed by atoms with Crippen molar-refractivity contribution in [2.24, 2.45) is 5.92 Å². The fourth-order valence-corrected chi connectivity index (χ4v) is 3.06. The van der Waals surface area contributed by atoms with Crippen LogP contribution in [-0.4, -0.2) is 61.0 Å². The van der Waals surface area contributed by atoms with Crippen LogP contribution in [0.2, 0.25) is 0 Å². The Morgan fingerprint density at radius 2 is 1.95 bits per heavy atom. The van der Waals surface area contributed by atoms with Crippen LogP contribution >= 0.6 is 0 Å². The Kier molecular flexibility index (Phi) is 8.93. The van der Waals surface area contributed by atoms with E-state index in [-0.39, 0.29) is 0 Å². The van der Waals surface area contributed by atoms with Gasteiger partial charge in [0.05, 0.1) is 6.54 Å². The molecule has 1 aliphatic heterocycles. The molecular formula is C17H35N3O. The molecule has 1 fully saturated rings. The van der Waals surface area contributed by atoms with Crippen molar-refractivity contribution in [3.05, 3.63) is 0 Å². The van der Waals surface area contributed by atoms with Crippen molar-refractivity contribution in [1.29, 1.82) is 0 Å². The second-order valence-electron chi connectivity index (χ2n) is 6.69. The zero-order chi connectivity index (χ0) is 15.7. The van der Waals surface area contributed by atoms with Gasteiger partial charge in [0.2, 0.25) is 5.91 Å². The lowest BCUT2D eigenvalue weighted by Gasteiger charge is -2.34. The van der Waals surface area contributed by atoms with Crippen LogP contribution in [0, 0.1) is 5.92 Å². The van der Waals surface area contributed by atoms with Gasteiger partial charge in [-0.1, -0.05) is 27.7 Å². The van der Waals surface area contributed by atoms with Crippen LogP contribution in [-0.2, 0) is 4.79 Å². The molecule has 1 atom stereocenters. The average molecular weight is 297 g/mol. The number of nitrogens with zero attached hydrogens (tertiary/aromatic N) is 2. The first-order chi connectivity index (χ1) is 10.1. The summed E-state index contributed by atoms with van der Waals surface area (Å²) in [4.78, 5) is 16.8. The monoisotopic (exact) mass is 297 g/mol. The van der Waals surface area contributed by atoms with Gasteiger partial charge in [-0.15, -0.1) is 0 Å². The summed E-state index contributed by atoms with van der Waals surface area (Å²) in [6.07, 6.45) is 4.61. The van der Waals surface area contributed by atoms with Crippen LogP contribution in [0.3, 0.4) is 0 Å². The smallest absolute Gasteiger partial charge is 0.236 e. The van der Waals surface area contributed by atoms with E-state index in [0.29, 0.717) is 24.4 Å². The van der Waals surface area contributed by atoms with Crippen molar-refractivity contribution in [1.82, 2.24) is 15.1 Å². The van der Waals surface area contributed by atoms with Gasteiger partial charge in [-0.3, -0.25) is 9.69 Å². The minimum Gasteiger partial charge on any atom is -0.342 e. The minimum atomic E-state index is 0.316. The van der Waals surface area contributed by atoms with Crippen LogP contribution in [0.25, 0.3) is 0 Å². The van der Waals surface area contributed by atoms with Crippen LogP contribution in [0.1, 0.15) is 53.4 Å². The number of hydrogen-bond acceptors (Lipinski definition) is 3. The van der Waals surface area contributed by atoms with E-state index in [1.807, 2.05) is 4.90 Å². The third-order valence-corrected chi connectivity index (χ3v) is 4.12. The lowest BCUT2D eigenvalue weighted by atomic mass is 9.97. The topological polar surface area (TPSA) is 35.6 Å². The standard InChI is InChI=1S/C17H35N3O/c1-5-9-20(10-6-2)17(21)14-19-11-7-8-16(13-19)12-18-15(3)4/h15-16,18H,5-14H2,1-4H3. The molecule has 1 heterocycles. The second kappa shape index (κ2) is 10.2. The molecule has 1 saturated heterocycles. The molecule has 1 unspecified atom stereocenters. The molecule has 1 rings (SSSR count). The van der Waals surface area contributed by atoms with E-state index in [0.717, 1.165) is 45.6 Å².